The Morgan fingerprint density at radius 1 is 1.12 bits per heavy atom. The molecule has 1 aliphatic carbocycles. The number of carbonyl (C=O) groups excluding carboxylic acids is 1. The van der Waals surface area contributed by atoms with E-state index in [1.165, 1.54) is 42.5 Å². The molecule has 1 saturated heterocycles. The smallest absolute Gasteiger partial charge is 0.251 e. The molecular weight excluding hydrogens is 368 g/mol. The van der Waals surface area contributed by atoms with Crippen LogP contribution in [0.15, 0.2) is 29.2 Å². The monoisotopic (exact) mass is 396 g/mol. The van der Waals surface area contributed by atoms with Gasteiger partial charge in [-0.25, -0.2) is 8.42 Å². The number of carbonyl (C=O) groups is 1. The molecule has 2 aliphatic rings. The third-order valence-corrected chi connectivity index (χ3v) is 8.37. The van der Waals surface area contributed by atoms with Crippen LogP contribution in [0.25, 0.3) is 0 Å². The fourth-order valence-electron chi connectivity index (χ4n) is 3.60. The molecule has 0 aromatic heterocycles. The van der Waals surface area contributed by atoms with Crippen molar-refractivity contribution in [3.8, 4) is 0 Å². The van der Waals surface area contributed by atoms with Crippen molar-refractivity contribution in [1.29, 1.82) is 0 Å². The summed E-state index contributed by atoms with van der Waals surface area (Å²) in [5.74, 6) is 0.704. The van der Waals surface area contributed by atoms with Gasteiger partial charge in [0.05, 0.1) is 4.90 Å². The summed E-state index contributed by atoms with van der Waals surface area (Å²) in [5, 5.41) is 3.65. The van der Waals surface area contributed by atoms with Crippen molar-refractivity contribution in [3.63, 3.8) is 0 Å². The summed E-state index contributed by atoms with van der Waals surface area (Å²) in [4.78, 5) is 12.6. The number of thioether (sulfide) groups is 1. The van der Waals surface area contributed by atoms with E-state index in [0.29, 0.717) is 25.2 Å². The van der Waals surface area contributed by atoms with Crippen molar-refractivity contribution < 1.29 is 13.2 Å². The predicted octanol–water partition coefficient (Wildman–Crippen LogP) is 3.27. The van der Waals surface area contributed by atoms with Crippen molar-refractivity contribution in [2.75, 3.05) is 25.4 Å². The lowest BCUT2D eigenvalue weighted by molar-refractivity contribution is 0.0956. The maximum absolute atomic E-state index is 12.6. The molecule has 1 aliphatic heterocycles. The molecule has 1 aromatic carbocycles. The Bertz CT molecular complexity index is 709. The van der Waals surface area contributed by atoms with Gasteiger partial charge >= 0.3 is 0 Å². The summed E-state index contributed by atoms with van der Waals surface area (Å²) >= 11 is 1.94. The van der Waals surface area contributed by atoms with Crippen LogP contribution in [0.5, 0.6) is 0 Å². The van der Waals surface area contributed by atoms with E-state index in [1.54, 1.807) is 18.2 Å². The molecule has 1 N–H and O–H groups in total. The van der Waals surface area contributed by atoms with E-state index >= 15 is 0 Å². The number of sulfonamides is 1. The molecule has 0 spiro atoms. The van der Waals surface area contributed by atoms with Crippen LogP contribution in [-0.2, 0) is 10.0 Å². The summed E-state index contributed by atoms with van der Waals surface area (Å²) in [6.07, 6.45) is 8.37. The maximum atomic E-state index is 12.6. The number of nitrogens with zero attached hydrogens (tertiary/aromatic N) is 1. The van der Waals surface area contributed by atoms with Gasteiger partial charge in [-0.15, -0.1) is 0 Å². The first-order chi connectivity index (χ1) is 12.6. The minimum absolute atomic E-state index is 0.201. The maximum Gasteiger partial charge on any atom is 0.251 e. The predicted molar refractivity (Wildman–Crippen MR) is 106 cm³/mol. The quantitative estimate of drug-likeness (QED) is 0.719. The SMILES string of the molecule is O=C(NCCSC1CCCCC1)c1cccc(S(=O)(=O)N2CCCC2)c1. The average Bonchev–Trinajstić information content (AvgIpc) is 3.22. The Morgan fingerprint density at radius 2 is 1.85 bits per heavy atom. The number of hydrogen-bond acceptors (Lipinski definition) is 4. The second-order valence-corrected chi connectivity index (χ2v) is 10.4. The van der Waals surface area contributed by atoms with E-state index in [4.69, 9.17) is 0 Å². The van der Waals surface area contributed by atoms with Gasteiger partial charge in [0.1, 0.15) is 0 Å². The van der Waals surface area contributed by atoms with Crippen LogP contribution in [0, 0.1) is 0 Å². The molecule has 5 nitrogen and oxygen atoms in total. The molecule has 1 saturated carbocycles. The van der Waals surface area contributed by atoms with Crippen molar-refractivity contribution >= 4 is 27.7 Å². The van der Waals surface area contributed by atoms with Gasteiger partial charge in [-0.2, -0.15) is 16.1 Å². The Labute approximate surface area is 161 Å². The average molecular weight is 397 g/mol. The van der Waals surface area contributed by atoms with Crippen LogP contribution in [0.2, 0.25) is 0 Å². The first-order valence-electron chi connectivity index (χ1n) is 9.57. The van der Waals surface area contributed by atoms with E-state index in [2.05, 4.69) is 5.32 Å². The molecule has 0 atom stereocenters. The standard InChI is InChI=1S/C19H28N2O3S2/c22-19(20-11-14-25-17-8-2-1-3-9-17)16-7-6-10-18(15-16)26(23,24)21-12-4-5-13-21/h6-7,10,15,17H,1-5,8-9,11-14H2,(H,20,22). The zero-order valence-electron chi connectivity index (χ0n) is 15.2. The molecule has 0 unspecified atom stereocenters. The van der Waals surface area contributed by atoms with Gasteiger partial charge in [0.25, 0.3) is 5.91 Å². The summed E-state index contributed by atoms with van der Waals surface area (Å²) in [7, 11) is -3.49. The second-order valence-electron chi connectivity index (χ2n) is 7.03. The zero-order valence-corrected chi connectivity index (χ0v) is 16.8. The lowest BCUT2D eigenvalue weighted by Gasteiger charge is -2.20. The number of rotatable bonds is 7. The molecule has 1 heterocycles. The molecule has 7 heteroatoms. The summed E-state index contributed by atoms with van der Waals surface area (Å²) in [6, 6.07) is 6.39. The minimum atomic E-state index is -3.49. The number of nitrogens with one attached hydrogen (secondary N) is 1. The van der Waals surface area contributed by atoms with E-state index in [0.717, 1.165) is 23.8 Å². The molecule has 0 bridgehead atoms. The van der Waals surface area contributed by atoms with Gasteiger partial charge in [-0.3, -0.25) is 4.79 Å². The number of benzene rings is 1. The molecule has 1 aromatic rings. The fraction of sp³-hybridized carbons (Fsp3) is 0.632. The van der Waals surface area contributed by atoms with Gasteiger partial charge in [0.15, 0.2) is 0 Å². The second kappa shape index (κ2) is 9.24. The summed E-state index contributed by atoms with van der Waals surface area (Å²) in [5.41, 5.74) is 0.410. The Morgan fingerprint density at radius 3 is 2.58 bits per heavy atom. The van der Waals surface area contributed by atoms with Gasteiger partial charge in [-0.1, -0.05) is 25.3 Å². The topological polar surface area (TPSA) is 66.5 Å². The van der Waals surface area contributed by atoms with Crippen molar-refractivity contribution in [3.05, 3.63) is 29.8 Å². The molecule has 0 radical (unpaired) electrons. The highest BCUT2D eigenvalue weighted by atomic mass is 32.2. The Kier molecular flexibility index (Phi) is 7.00. The first kappa shape index (κ1) is 19.7. The highest BCUT2D eigenvalue weighted by Crippen LogP contribution is 2.27. The van der Waals surface area contributed by atoms with E-state index in [9.17, 15) is 13.2 Å². The third kappa shape index (κ3) is 5.02. The molecule has 2 fully saturated rings. The van der Waals surface area contributed by atoms with Crippen LogP contribution in [0.3, 0.4) is 0 Å². The van der Waals surface area contributed by atoms with Crippen molar-refractivity contribution in [2.45, 2.75) is 55.1 Å². The molecule has 26 heavy (non-hydrogen) atoms. The van der Waals surface area contributed by atoms with Crippen LogP contribution in [0.4, 0.5) is 0 Å². The minimum Gasteiger partial charge on any atom is -0.351 e. The highest BCUT2D eigenvalue weighted by molar-refractivity contribution is 7.99. The van der Waals surface area contributed by atoms with Gasteiger partial charge in [-0.05, 0) is 43.9 Å². The van der Waals surface area contributed by atoms with Crippen LogP contribution in [0.1, 0.15) is 55.3 Å². The lowest BCUT2D eigenvalue weighted by atomic mass is 10.0. The van der Waals surface area contributed by atoms with Crippen molar-refractivity contribution in [2.24, 2.45) is 0 Å². The Balaban J connectivity index is 1.53. The summed E-state index contributed by atoms with van der Waals surface area (Å²) < 4.78 is 26.8. The van der Waals surface area contributed by atoms with Crippen molar-refractivity contribution in [1.82, 2.24) is 9.62 Å². The largest absolute Gasteiger partial charge is 0.351 e. The fourth-order valence-corrected chi connectivity index (χ4v) is 6.38. The normalized spacial score (nSPS) is 19.5. The molecule has 3 rings (SSSR count). The van der Waals surface area contributed by atoms with E-state index < -0.39 is 10.0 Å². The van der Waals surface area contributed by atoms with Crippen LogP contribution in [-0.4, -0.2) is 49.3 Å². The van der Waals surface area contributed by atoms with Gasteiger partial charge < -0.3 is 5.32 Å². The summed E-state index contributed by atoms with van der Waals surface area (Å²) in [6.45, 7) is 1.75. The van der Waals surface area contributed by atoms with Gasteiger partial charge in [0, 0.05) is 36.2 Å². The lowest BCUT2D eigenvalue weighted by Crippen LogP contribution is -2.29. The van der Waals surface area contributed by atoms with Crippen LogP contribution < -0.4 is 5.32 Å². The van der Waals surface area contributed by atoms with Gasteiger partial charge in [0.2, 0.25) is 10.0 Å². The third-order valence-electron chi connectivity index (χ3n) is 5.09. The Hall–Kier alpha value is -1.05. The first-order valence-corrected chi connectivity index (χ1v) is 12.1. The van der Waals surface area contributed by atoms with E-state index in [1.807, 2.05) is 11.8 Å². The molecule has 1 amide bonds. The highest BCUT2D eigenvalue weighted by Gasteiger charge is 2.27. The molecule has 144 valence electrons. The van der Waals surface area contributed by atoms with E-state index in [-0.39, 0.29) is 10.8 Å². The number of amides is 1. The zero-order chi connectivity index (χ0) is 18.4. The number of hydrogen-bond donors (Lipinski definition) is 1. The van der Waals surface area contributed by atoms with Crippen LogP contribution >= 0.6 is 11.8 Å². The molecular formula is C19H28N2O3S2.